The first-order chi connectivity index (χ1) is 13.0. The number of nitrogens with zero attached hydrogens (tertiary/aromatic N) is 3. The Hall–Kier alpha value is -2.35. The lowest BCUT2D eigenvalue weighted by molar-refractivity contribution is -0.157. The number of benzene rings is 1. The molecule has 0 unspecified atom stereocenters. The number of methoxy groups -OCH3 is 1. The summed E-state index contributed by atoms with van der Waals surface area (Å²) in [5.74, 6) is -2.41. The third-order valence-corrected chi connectivity index (χ3v) is 6.61. The SMILES string of the molecule is COC(=O)[C@@]1(Cc2ccccc2)[C@H]2C(=O)N(C)C(=O)[C@H]2[C@H]2CN=C(SC)N21. The average Bonchev–Trinajstić information content (AvgIpc) is 3.30. The van der Waals surface area contributed by atoms with E-state index in [4.69, 9.17) is 4.74 Å². The summed E-state index contributed by atoms with van der Waals surface area (Å²) in [6.45, 7) is 0.401. The molecule has 142 valence electrons. The van der Waals surface area contributed by atoms with Gasteiger partial charge < -0.3 is 9.64 Å². The van der Waals surface area contributed by atoms with Crippen molar-refractivity contribution in [3.63, 3.8) is 0 Å². The number of amides is 2. The summed E-state index contributed by atoms with van der Waals surface area (Å²) in [6, 6.07) is 9.23. The molecular weight excluding hydrogens is 366 g/mol. The number of esters is 1. The van der Waals surface area contributed by atoms with E-state index in [-0.39, 0.29) is 24.3 Å². The summed E-state index contributed by atoms with van der Waals surface area (Å²) in [6.07, 6.45) is 2.17. The van der Waals surface area contributed by atoms with Gasteiger partial charge >= 0.3 is 5.97 Å². The van der Waals surface area contributed by atoms with Crippen LogP contribution in [-0.2, 0) is 25.5 Å². The molecule has 0 aromatic heterocycles. The number of fused-ring (bicyclic) bond motifs is 3. The number of imide groups is 1. The van der Waals surface area contributed by atoms with Crippen LogP contribution in [0.5, 0.6) is 0 Å². The molecule has 0 radical (unpaired) electrons. The minimum Gasteiger partial charge on any atom is -0.467 e. The van der Waals surface area contributed by atoms with Crippen molar-refractivity contribution in [1.82, 2.24) is 9.80 Å². The van der Waals surface area contributed by atoms with E-state index in [1.807, 2.05) is 41.5 Å². The van der Waals surface area contributed by atoms with Crippen LogP contribution in [0, 0.1) is 11.8 Å². The van der Waals surface area contributed by atoms with Crippen LogP contribution in [0.15, 0.2) is 35.3 Å². The number of rotatable bonds is 3. The van der Waals surface area contributed by atoms with Crippen molar-refractivity contribution >= 4 is 34.7 Å². The molecule has 4 atom stereocenters. The van der Waals surface area contributed by atoms with E-state index < -0.39 is 23.3 Å². The summed E-state index contributed by atoms with van der Waals surface area (Å²) >= 11 is 1.42. The molecule has 0 N–H and O–H groups in total. The fraction of sp³-hybridized carbons (Fsp3) is 0.474. The van der Waals surface area contributed by atoms with Gasteiger partial charge in [0, 0.05) is 13.5 Å². The molecule has 0 spiro atoms. The second-order valence-corrected chi connectivity index (χ2v) is 7.86. The maximum absolute atomic E-state index is 13.2. The van der Waals surface area contributed by atoms with Crippen LogP contribution in [0.2, 0.25) is 0 Å². The second-order valence-electron chi connectivity index (χ2n) is 7.08. The number of thioether (sulfide) groups is 1. The van der Waals surface area contributed by atoms with E-state index in [1.165, 1.54) is 25.9 Å². The van der Waals surface area contributed by atoms with Crippen LogP contribution in [-0.4, -0.2) is 71.3 Å². The largest absolute Gasteiger partial charge is 0.467 e. The second kappa shape index (κ2) is 6.37. The molecular formula is C19H21N3O4S. The quantitative estimate of drug-likeness (QED) is 0.564. The molecule has 2 amide bonds. The number of aliphatic imine (C=N–C) groups is 1. The van der Waals surface area contributed by atoms with Crippen LogP contribution in [0.4, 0.5) is 0 Å². The zero-order valence-electron chi connectivity index (χ0n) is 15.4. The summed E-state index contributed by atoms with van der Waals surface area (Å²) in [4.78, 5) is 46.8. The molecule has 2 fully saturated rings. The van der Waals surface area contributed by atoms with Crippen molar-refractivity contribution in [2.45, 2.75) is 18.0 Å². The van der Waals surface area contributed by atoms with Crippen molar-refractivity contribution in [3.8, 4) is 0 Å². The van der Waals surface area contributed by atoms with Crippen LogP contribution < -0.4 is 0 Å². The topological polar surface area (TPSA) is 79.3 Å². The van der Waals surface area contributed by atoms with Crippen molar-refractivity contribution in [3.05, 3.63) is 35.9 Å². The Morgan fingerprint density at radius 3 is 2.63 bits per heavy atom. The van der Waals surface area contributed by atoms with Crippen LogP contribution in [0.25, 0.3) is 0 Å². The van der Waals surface area contributed by atoms with Crippen LogP contribution >= 0.6 is 11.8 Å². The van der Waals surface area contributed by atoms with Gasteiger partial charge in [-0.15, -0.1) is 0 Å². The number of ether oxygens (including phenoxy) is 1. The van der Waals surface area contributed by atoms with Crippen LogP contribution in [0.3, 0.4) is 0 Å². The Morgan fingerprint density at radius 2 is 2.00 bits per heavy atom. The first-order valence-electron chi connectivity index (χ1n) is 8.79. The number of carbonyl (C=O) groups excluding carboxylic acids is 3. The molecule has 3 aliphatic heterocycles. The minimum atomic E-state index is -1.28. The van der Waals surface area contributed by atoms with E-state index in [0.717, 1.165) is 10.5 Å². The van der Waals surface area contributed by atoms with Crippen molar-refractivity contribution in [2.24, 2.45) is 16.8 Å². The van der Waals surface area contributed by atoms with Gasteiger partial charge in [-0.3, -0.25) is 19.5 Å². The summed E-state index contributed by atoms with van der Waals surface area (Å²) in [5, 5.41) is 0.680. The zero-order valence-corrected chi connectivity index (χ0v) is 16.2. The highest BCUT2D eigenvalue weighted by Crippen LogP contribution is 2.53. The number of hydrogen-bond acceptors (Lipinski definition) is 7. The molecule has 2 saturated heterocycles. The predicted molar refractivity (Wildman–Crippen MR) is 101 cm³/mol. The third kappa shape index (κ3) is 2.29. The molecule has 27 heavy (non-hydrogen) atoms. The van der Waals surface area contributed by atoms with E-state index in [1.54, 1.807) is 0 Å². The maximum Gasteiger partial charge on any atom is 0.333 e. The Kier molecular flexibility index (Phi) is 4.25. The van der Waals surface area contributed by atoms with E-state index >= 15 is 0 Å². The molecule has 0 aliphatic carbocycles. The fourth-order valence-electron chi connectivity index (χ4n) is 4.83. The van der Waals surface area contributed by atoms with E-state index in [2.05, 4.69) is 4.99 Å². The predicted octanol–water partition coefficient (Wildman–Crippen LogP) is 0.789. The van der Waals surface area contributed by atoms with Crippen molar-refractivity contribution < 1.29 is 19.1 Å². The normalized spacial score (nSPS) is 31.8. The lowest BCUT2D eigenvalue weighted by Crippen LogP contribution is -2.60. The first-order valence-corrected chi connectivity index (χ1v) is 10.0. The Morgan fingerprint density at radius 1 is 1.30 bits per heavy atom. The van der Waals surface area contributed by atoms with Gasteiger partial charge in [0.1, 0.15) is 0 Å². The average molecular weight is 387 g/mol. The lowest BCUT2D eigenvalue weighted by atomic mass is 9.76. The first kappa shape index (κ1) is 18.0. The van der Waals surface area contributed by atoms with Crippen molar-refractivity contribution in [2.75, 3.05) is 27.0 Å². The van der Waals surface area contributed by atoms with Crippen molar-refractivity contribution in [1.29, 1.82) is 0 Å². The molecule has 3 heterocycles. The highest BCUT2D eigenvalue weighted by Gasteiger charge is 2.73. The van der Waals surface area contributed by atoms with Gasteiger partial charge in [-0.1, -0.05) is 42.1 Å². The van der Waals surface area contributed by atoms with Gasteiger partial charge in [-0.2, -0.15) is 0 Å². The maximum atomic E-state index is 13.2. The summed E-state index contributed by atoms with van der Waals surface area (Å²) in [5.41, 5.74) is -0.370. The number of amidine groups is 1. The van der Waals surface area contributed by atoms with E-state index in [0.29, 0.717) is 11.7 Å². The number of carbonyl (C=O) groups is 3. The molecule has 0 bridgehead atoms. The molecule has 4 rings (SSSR count). The van der Waals surface area contributed by atoms with Gasteiger partial charge in [-0.25, -0.2) is 4.79 Å². The highest BCUT2D eigenvalue weighted by atomic mass is 32.2. The number of likely N-dealkylation sites (tertiary alicyclic amines) is 1. The molecule has 3 aliphatic rings. The van der Waals surface area contributed by atoms with Gasteiger partial charge in [0.05, 0.1) is 31.5 Å². The summed E-state index contributed by atoms with van der Waals surface area (Å²) in [7, 11) is 2.82. The monoisotopic (exact) mass is 387 g/mol. The van der Waals surface area contributed by atoms with E-state index in [9.17, 15) is 14.4 Å². The zero-order chi connectivity index (χ0) is 19.3. The Bertz CT molecular complexity index is 843. The molecule has 1 aromatic rings. The minimum absolute atomic E-state index is 0.239. The third-order valence-electron chi connectivity index (χ3n) is 5.92. The fourth-order valence-corrected chi connectivity index (χ4v) is 5.52. The summed E-state index contributed by atoms with van der Waals surface area (Å²) < 4.78 is 5.21. The standard InChI is InChI=1S/C19H21N3O4S/c1-21-15(23)13-12-10-20-18(27-3)22(12)19(17(25)26-2,14(13)16(21)24)9-11-7-5-4-6-8-11/h4-8,12-14H,9-10H2,1-3H3/t12-,13+,14-,19-/m1/s1. The van der Waals surface area contributed by atoms with Gasteiger partial charge in [-0.05, 0) is 11.8 Å². The highest BCUT2D eigenvalue weighted by molar-refractivity contribution is 8.13. The lowest BCUT2D eigenvalue weighted by Gasteiger charge is -2.40. The Labute approximate surface area is 161 Å². The molecule has 8 heteroatoms. The molecule has 0 saturated carbocycles. The van der Waals surface area contributed by atoms with Gasteiger partial charge in [0.15, 0.2) is 10.7 Å². The number of hydrogen-bond donors (Lipinski definition) is 0. The smallest absolute Gasteiger partial charge is 0.333 e. The van der Waals surface area contributed by atoms with Crippen LogP contribution in [0.1, 0.15) is 5.56 Å². The Balaban J connectivity index is 1.92. The molecule has 7 nitrogen and oxygen atoms in total. The van der Waals surface area contributed by atoms with Gasteiger partial charge in [0.25, 0.3) is 0 Å². The molecule has 1 aromatic carbocycles. The van der Waals surface area contributed by atoms with Gasteiger partial charge in [0.2, 0.25) is 11.8 Å².